The first-order chi connectivity index (χ1) is 8.70. The molecule has 0 atom stereocenters. The zero-order chi connectivity index (χ0) is 12.7. The minimum Gasteiger partial charge on any atom is -0.464 e. The summed E-state index contributed by atoms with van der Waals surface area (Å²) in [4.78, 5) is 11.5. The quantitative estimate of drug-likeness (QED) is 0.670. The summed E-state index contributed by atoms with van der Waals surface area (Å²) in [5.74, 6) is 0.441. The van der Waals surface area contributed by atoms with E-state index in [0.717, 1.165) is 5.52 Å². The number of fused-ring (bicyclic) bond motifs is 1. The van der Waals surface area contributed by atoms with Crippen LogP contribution >= 0.6 is 0 Å². The number of hydrogen-bond acceptors (Lipinski definition) is 6. The Bertz CT molecular complexity index is 709. The molecule has 0 aromatic carbocycles. The molecule has 0 radical (unpaired) electrons. The van der Waals surface area contributed by atoms with E-state index in [1.807, 2.05) is 0 Å². The highest BCUT2D eigenvalue weighted by Gasteiger charge is 2.18. The molecule has 8 nitrogen and oxygen atoms in total. The molecular weight excluding hydrogens is 238 g/mol. The molecule has 0 aliphatic carbocycles. The minimum absolute atomic E-state index is 0.366. The molecule has 3 aromatic rings. The number of aromatic amines is 1. The fourth-order valence-electron chi connectivity index (χ4n) is 1.79. The van der Waals surface area contributed by atoms with Gasteiger partial charge >= 0.3 is 5.97 Å². The standard InChI is InChI=1S/C10H9N5O3/c1-15-5-3-8(9-11-13-14-12-9)18-7(5)4-6(15)10(16)17-2/h3-4H,1-2H3,(H,11,12,13,14). The fourth-order valence-corrected chi connectivity index (χ4v) is 1.79. The summed E-state index contributed by atoms with van der Waals surface area (Å²) in [6.45, 7) is 0. The van der Waals surface area contributed by atoms with Gasteiger partial charge in [-0.15, -0.1) is 10.2 Å². The molecule has 18 heavy (non-hydrogen) atoms. The Hall–Kier alpha value is -2.64. The van der Waals surface area contributed by atoms with Crippen LogP contribution in [0.5, 0.6) is 0 Å². The number of hydrogen-bond donors (Lipinski definition) is 1. The zero-order valence-corrected chi connectivity index (χ0v) is 9.67. The van der Waals surface area contributed by atoms with Gasteiger partial charge in [0.05, 0.1) is 12.6 Å². The summed E-state index contributed by atoms with van der Waals surface area (Å²) in [5, 5.41) is 13.4. The van der Waals surface area contributed by atoms with E-state index in [9.17, 15) is 4.79 Å². The predicted octanol–water partition coefficient (Wildman–Crippen LogP) is 0.738. The van der Waals surface area contributed by atoms with Gasteiger partial charge in [-0.25, -0.2) is 4.79 Å². The number of H-pyrrole nitrogens is 1. The largest absolute Gasteiger partial charge is 0.464 e. The van der Waals surface area contributed by atoms with Gasteiger partial charge in [0.15, 0.2) is 11.3 Å². The highest BCUT2D eigenvalue weighted by molar-refractivity contribution is 5.94. The van der Waals surface area contributed by atoms with Gasteiger partial charge in [0, 0.05) is 19.2 Å². The molecule has 0 saturated heterocycles. The van der Waals surface area contributed by atoms with Crippen molar-refractivity contribution in [2.45, 2.75) is 0 Å². The Morgan fingerprint density at radius 3 is 2.94 bits per heavy atom. The molecule has 0 fully saturated rings. The van der Waals surface area contributed by atoms with E-state index in [4.69, 9.17) is 4.42 Å². The fraction of sp³-hybridized carbons (Fsp3) is 0.200. The van der Waals surface area contributed by atoms with Gasteiger partial charge < -0.3 is 13.7 Å². The van der Waals surface area contributed by atoms with Gasteiger partial charge in [-0.1, -0.05) is 0 Å². The number of nitrogens with zero attached hydrogens (tertiary/aromatic N) is 4. The van der Waals surface area contributed by atoms with E-state index in [1.165, 1.54) is 7.11 Å². The molecule has 0 saturated carbocycles. The van der Waals surface area contributed by atoms with Crippen LogP contribution in [-0.4, -0.2) is 38.3 Å². The zero-order valence-electron chi connectivity index (χ0n) is 9.67. The lowest BCUT2D eigenvalue weighted by atomic mass is 10.4. The van der Waals surface area contributed by atoms with Gasteiger partial charge in [-0.05, 0) is 5.21 Å². The highest BCUT2D eigenvalue weighted by atomic mass is 16.5. The van der Waals surface area contributed by atoms with Crippen molar-refractivity contribution < 1.29 is 13.9 Å². The molecule has 3 rings (SSSR count). The third kappa shape index (κ3) is 1.39. The Labute approximate surface area is 101 Å². The van der Waals surface area contributed by atoms with Crippen LogP contribution in [0.1, 0.15) is 10.5 Å². The molecule has 0 aliphatic heterocycles. The molecule has 3 aromatic heterocycles. The molecule has 0 aliphatic rings. The lowest BCUT2D eigenvalue weighted by molar-refractivity contribution is 0.0590. The molecule has 8 heteroatoms. The van der Waals surface area contributed by atoms with Crippen molar-refractivity contribution >= 4 is 17.1 Å². The van der Waals surface area contributed by atoms with Gasteiger partial charge in [-0.2, -0.15) is 5.21 Å². The monoisotopic (exact) mass is 247 g/mol. The van der Waals surface area contributed by atoms with Gasteiger partial charge in [0.25, 0.3) is 0 Å². The second kappa shape index (κ2) is 3.69. The normalized spacial score (nSPS) is 11.0. The smallest absolute Gasteiger partial charge is 0.354 e. The summed E-state index contributed by atoms with van der Waals surface area (Å²) in [5.41, 5.74) is 1.75. The van der Waals surface area contributed by atoms with Crippen molar-refractivity contribution in [3.05, 3.63) is 17.8 Å². The molecule has 0 unspecified atom stereocenters. The van der Waals surface area contributed by atoms with Crippen LogP contribution in [0.3, 0.4) is 0 Å². The Kier molecular flexibility index (Phi) is 2.15. The van der Waals surface area contributed by atoms with E-state index in [-0.39, 0.29) is 0 Å². The molecule has 0 spiro atoms. The summed E-state index contributed by atoms with van der Waals surface area (Å²) in [6.07, 6.45) is 0. The summed E-state index contributed by atoms with van der Waals surface area (Å²) in [7, 11) is 3.09. The number of aryl methyl sites for hydroxylation is 1. The van der Waals surface area contributed by atoms with Crippen molar-refractivity contribution in [2.24, 2.45) is 7.05 Å². The Morgan fingerprint density at radius 1 is 1.50 bits per heavy atom. The number of esters is 1. The maximum atomic E-state index is 11.5. The molecule has 1 N–H and O–H groups in total. The van der Waals surface area contributed by atoms with Crippen LogP contribution in [0.15, 0.2) is 16.5 Å². The van der Waals surface area contributed by atoms with Gasteiger partial charge in [0.1, 0.15) is 5.69 Å². The molecule has 92 valence electrons. The number of carbonyl (C=O) groups excluding carboxylic acids is 1. The van der Waals surface area contributed by atoms with E-state index in [2.05, 4.69) is 25.4 Å². The van der Waals surface area contributed by atoms with Crippen LogP contribution in [-0.2, 0) is 11.8 Å². The van der Waals surface area contributed by atoms with Crippen molar-refractivity contribution in [3.63, 3.8) is 0 Å². The van der Waals surface area contributed by atoms with E-state index < -0.39 is 5.97 Å². The second-order valence-electron chi connectivity index (χ2n) is 3.68. The van der Waals surface area contributed by atoms with E-state index >= 15 is 0 Å². The second-order valence-corrected chi connectivity index (χ2v) is 3.68. The summed E-state index contributed by atoms with van der Waals surface area (Å²) < 4.78 is 11.9. The van der Waals surface area contributed by atoms with Crippen LogP contribution in [0.2, 0.25) is 0 Å². The van der Waals surface area contributed by atoms with E-state index in [0.29, 0.717) is 22.9 Å². The van der Waals surface area contributed by atoms with Crippen LogP contribution in [0, 0.1) is 0 Å². The molecule has 0 amide bonds. The number of rotatable bonds is 2. The first-order valence-electron chi connectivity index (χ1n) is 5.12. The lowest BCUT2D eigenvalue weighted by Crippen LogP contribution is -2.06. The predicted molar refractivity (Wildman–Crippen MR) is 59.7 cm³/mol. The Morgan fingerprint density at radius 2 is 2.33 bits per heavy atom. The van der Waals surface area contributed by atoms with Crippen molar-refractivity contribution in [1.82, 2.24) is 25.2 Å². The van der Waals surface area contributed by atoms with Crippen molar-refractivity contribution in [1.29, 1.82) is 0 Å². The summed E-state index contributed by atoms with van der Waals surface area (Å²) in [6, 6.07) is 3.36. The topological polar surface area (TPSA) is 98.8 Å². The average molecular weight is 247 g/mol. The van der Waals surface area contributed by atoms with Crippen LogP contribution < -0.4 is 0 Å². The number of tetrazole rings is 1. The third-order valence-electron chi connectivity index (χ3n) is 2.69. The lowest BCUT2D eigenvalue weighted by Gasteiger charge is -1.99. The SMILES string of the molecule is COC(=O)c1cc2oc(-c3nn[nH]n3)cc2n1C. The third-order valence-corrected chi connectivity index (χ3v) is 2.69. The number of ether oxygens (including phenoxy) is 1. The number of nitrogens with one attached hydrogen (secondary N) is 1. The number of methoxy groups -OCH3 is 1. The van der Waals surface area contributed by atoms with Gasteiger partial charge in [0.2, 0.25) is 5.82 Å². The first kappa shape index (κ1) is 10.5. The number of furan rings is 1. The molecular formula is C10H9N5O3. The molecule has 0 bridgehead atoms. The Balaban J connectivity index is 2.13. The minimum atomic E-state index is -0.412. The highest BCUT2D eigenvalue weighted by Crippen LogP contribution is 2.27. The van der Waals surface area contributed by atoms with Crippen molar-refractivity contribution in [2.75, 3.05) is 7.11 Å². The van der Waals surface area contributed by atoms with Crippen LogP contribution in [0.25, 0.3) is 22.7 Å². The van der Waals surface area contributed by atoms with Crippen LogP contribution in [0.4, 0.5) is 0 Å². The number of carbonyl (C=O) groups is 1. The average Bonchev–Trinajstić information content (AvgIpc) is 3.05. The summed E-state index contributed by atoms with van der Waals surface area (Å²) >= 11 is 0. The first-order valence-corrected chi connectivity index (χ1v) is 5.12. The van der Waals surface area contributed by atoms with E-state index in [1.54, 1.807) is 23.7 Å². The number of aromatic nitrogens is 5. The van der Waals surface area contributed by atoms with Crippen molar-refractivity contribution in [3.8, 4) is 11.6 Å². The maximum Gasteiger partial charge on any atom is 0.354 e. The maximum absolute atomic E-state index is 11.5. The van der Waals surface area contributed by atoms with Gasteiger partial charge in [-0.3, -0.25) is 0 Å². The molecule has 3 heterocycles.